The van der Waals surface area contributed by atoms with Crippen LogP contribution in [0.3, 0.4) is 0 Å². The van der Waals surface area contributed by atoms with Gasteiger partial charge in [-0.1, -0.05) is 64.7 Å². The van der Waals surface area contributed by atoms with Gasteiger partial charge < -0.3 is 5.32 Å². The van der Waals surface area contributed by atoms with Crippen LogP contribution in [-0.4, -0.2) is 12.6 Å². The number of rotatable bonds is 12. The molecule has 0 aromatic carbocycles. The Morgan fingerprint density at radius 3 is 1.75 bits per heavy atom. The van der Waals surface area contributed by atoms with Crippen molar-refractivity contribution in [1.82, 2.24) is 5.32 Å². The zero-order valence-electron chi connectivity index (χ0n) is 11.3. The molecule has 0 radical (unpaired) electrons. The van der Waals surface area contributed by atoms with Crippen LogP contribution in [0.25, 0.3) is 0 Å². The average Bonchev–Trinajstić information content (AvgIpc) is 3.10. The van der Waals surface area contributed by atoms with Crippen LogP contribution >= 0.6 is 0 Å². The first-order valence-electron chi connectivity index (χ1n) is 7.67. The Hall–Kier alpha value is -0.0400. The molecule has 0 bridgehead atoms. The van der Waals surface area contributed by atoms with Crippen molar-refractivity contribution in [2.24, 2.45) is 0 Å². The lowest BCUT2D eigenvalue weighted by Crippen LogP contribution is -2.17. The largest absolute Gasteiger partial charge is 0.314 e. The molecular formula is C15H31N. The van der Waals surface area contributed by atoms with Gasteiger partial charge in [-0.15, -0.1) is 0 Å². The van der Waals surface area contributed by atoms with E-state index in [1.54, 1.807) is 0 Å². The summed E-state index contributed by atoms with van der Waals surface area (Å²) in [5.41, 5.74) is 0. The third-order valence-electron chi connectivity index (χ3n) is 3.54. The number of unbranched alkanes of at least 4 members (excludes halogenated alkanes) is 9. The van der Waals surface area contributed by atoms with E-state index in [-0.39, 0.29) is 0 Å². The fourth-order valence-electron chi connectivity index (χ4n) is 2.21. The van der Waals surface area contributed by atoms with Gasteiger partial charge in [-0.3, -0.25) is 0 Å². The van der Waals surface area contributed by atoms with Crippen molar-refractivity contribution >= 4 is 0 Å². The van der Waals surface area contributed by atoms with Crippen molar-refractivity contribution in [3.05, 3.63) is 0 Å². The predicted octanol–water partition coefficient (Wildman–Crippen LogP) is 4.66. The molecule has 1 fully saturated rings. The van der Waals surface area contributed by atoms with Gasteiger partial charge in [-0.25, -0.2) is 0 Å². The summed E-state index contributed by atoms with van der Waals surface area (Å²) in [5, 5.41) is 3.58. The molecule has 16 heavy (non-hydrogen) atoms. The van der Waals surface area contributed by atoms with Crippen LogP contribution in [0.2, 0.25) is 0 Å². The lowest BCUT2D eigenvalue weighted by molar-refractivity contribution is 0.543. The maximum Gasteiger partial charge on any atom is 0.00682 e. The number of hydrogen-bond donors (Lipinski definition) is 1. The van der Waals surface area contributed by atoms with Crippen molar-refractivity contribution in [2.45, 2.75) is 90.0 Å². The molecule has 1 N–H and O–H groups in total. The summed E-state index contributed by atoms with van der Waals surface area (Å²) >= 11 is 0. The molecule has 0 unspecified atom stereocenters. The molecule has 0 aliphatic heterocycles. The molecule has 0 saturated heterocycles. The van der Waals surface area contributed by atoms with Gasteiger partial charge in [0.25, 0.3) is 0 Å². The van der Waals surface area contributed by atoms with E-state index in [0.29, 0.717) is 0 Å². The summed E-state index contributed by atoms with van der Waals surface area (Å²) < 4.78 is 0. The Balaban J connectivity index is 1.61. The molecule has 0 amide bonds. The molecule has 1 rings (SSSR count). The van der Waals surface area contributed by atoms with E-state index in [1.165, 1.54) is 83.6 Å². The van der Waals surface area contributed by atoms with Crippen LogP contribution in [0.1, 0.15) is 84.0 Å². The van der Waals surface area contributed by atoms with Gasteiger partial charge in [0.1, 0.15) is 0 Å². The zero-order chi connectivity index (χ0) is 11.5. The molecule has 1 nitrogen and oxygen atoms in total. The van der Waals surface area contributed by atoms with E-state index >= 15 is 0 Å². The minimum Gasteiger partial charge on any atom is -0.314 e. The first-order valence-corrected chi connectivity index (χ1v) is 7.67. The third kappa shape index (κ3) is 9.21. The molecule has 96 valence electrons. The topological polar surface area (TPSA) is 12.0 Å². The van der Waals surface area contributed by atoms with Gasteiger partial charge >= 0.3 is 0 Å². The van der Waals surface area contributed by atoms with E-state index in [9.17, 15) is 0 Å². The Labute approximate surface area is 102 Å². The van der Waals surface area contributed by atoms with E-state index in [2.05, 4.69) is 12.2 Å². The van der Waals surface area contributed by atoms with Gasteiger partial charge in [0.05, 0.1) is 0 Å². The van der Waals surface area contributed by atoms with Crippen molar-refractivity contribution in [3.63, 3.8) is 0 Å². The fraction of sp³-hybridized carbons (Fsp3) is 1.00. The van der Waals surface area contributed by atoms with Crippen molar-refractivity contribution in [1.29, 1.82) is 0 Å². The van der Waals surface area contributed by atoms with E-state index in [1.807, 2.05) is 0 Å². The Morgan fingerprint density at radius 1 is 0.750 bits per heavy atom. The van der Waals surface area contributed by atoms with Crippen molar-refractivity contribution < 1.29 is 0 Å². The third-order valence-corrected chi connectivity index (χ3v) is 3.54. The van der Waals surface area contributed by atoms with Gasteiger partial charge in [-0.2, -0.15) is 0 Å². The van der Waals surface area contributed by atoms with Gasteiger partial charge in [0.15, 0.2) is 0 Å². The lowest BCUT2D eigenvalue weighted by Gasteiger charge is -2.03. The Kier molecular flexibility index (Phi) is 8.88. The lowest BCUT2D eigenvalue weighted by atomic mass is 10.1. The maximum atomic E-state index is 3.58. The monoisotopic (exact) mass is 225 g/mol. The van der Waals surface area contributed by atoms with Gasteiger partial charge in [-0.05, 0) is 25.8 Å². The summed E-state index contributed by atoms with van der Waals surface area (Å²) in [6, 6.07) is 0.901. The summed E-state index contributed by atoms with van der Waals surface area (Å²) in [6.45, 7) is 3.55. The predicted molar refractivity (Wildman–Crippen MR) is 72.9 cm³/mol. The number of nitrogens with one attached hydrogen (secondary N) is 1. The second-order valence-corrected chi connectivity index (χ2v) is 5.41. The molecular weight excluding hydrogens is 194 g/mol. The molecule has 0 atom stereocenters. The SMILES string of the molecule is CCCCCCCCCCCCNC1CC1. The van der Waals surface area contributed by atoms with Crippen LogP contribution in [0, 0.1) is 0 Å². The van der Waals surface area contributed by atoms with Crippen molar-refractivity contribution in [3.8, 4) is 0 Å². The van der Waals surface area contributed by atoms with Crippen LogP contribution in [0.5, 0.6) is 0 Å². The number of hydrogen-bond acceptors (Lipinski definition) is 1. The van der Waals surface area contributed by atoms with Crippen LogP contribution in [0.15, 0.2) is 0 Å². The average molecular weight is 225 g/mol. The highest BCUT2D eigenvalue weighted by molar-refractivity contribution is 4.80. The standard InChI is InChI=1S/C15H31N/c1-2-3-4-5-6-7-8-9-10-11-14-16-15-12-13-15/h15-16H,2-14H2,1H3. The van der Waals surface area contributed by atoms with E-state index in [0.717, 1.165) is 6.04 Å². The maximum absolute atomic E-state index is 3.58. The van der Waals surface area contributed by atoms with E-state index < -0.39 is 0 Å². The highest BCUT2D eigenvalue weighted by Gasteiger charge is 2.19. The molecule has 0 aromatic heterocycles. The van der Waals surface area contributed by atoms with Gasteiger partial charge in [0.2, 0.25) is 0 Å². The van der Waals surface area contributed by atoms with E-state index in [4.69, 9.17) is 0 Å². The molecule has 0 heterocycles. The van der Waals surface area contributed by atoms with Crippen LogP contribution in [0.4, 0.5) is 0 Å². The minimum atomic E-state index is 0.901. The molecule has 1 saturated carbocycles. The summed E-state index contributed by atoms with van der Waals surface area (Å²) in [7, 11) is 0. The quantitative estimate of drug-likeness (QED) is 0.476. The first-order chi connectivity index (χ1) is 7.93. The second kappa shape index (κ2) is 10.1. The zero-order valence-corrected chi connectivity index (χ0v) is 11.3. The fourth-order valence-corrected chi connectivity index (χ4v) is 2.21. The molecule has 1 aliphatic carbocycles. The molecule has 0 spiro atoms. The highest BCUT2D eigenvalue weighted by atomic mass is 14.9. The molecule has 0 aromatic rings. The summed E-state index contributed by atoms with van der Waals surface area (Å²) in [6.07, 6.45) is 17.3. The Morgan fingerprint density at radius 2 is 1.25 bits per heavy atom. The second-order valence-electron chi connectivity index (χ2n) is 5.41. The smallest absolute Gasteiger partial charge is 0.00682 e. The van der Waals surface area contributed by atoms with Crippen molar-refractivity contribution in [2.75, 3.05) is 6.54 Å². The minimum absolute atomic E-state index is 0.901. The normalized spacial score (nSPS) is 15.6. The highest BCUT2D eigenvalue weighted by Crippen LogP contribution is 2.18. The molecule has 1 aliphatic rings. The van der Waals surface area contributed by atoms with Gasteiger partial charge in [0, 0.05) is 6.04 Å². The van der Waals surface area contributed by atoms with Crippen LogP contribution < -0.4 is 5.32 Å². The van der Waals surface area contributed by atoms with Crippen LogP contribution in [-0.2, 0) is 0 Å². The summed E-state index contributed by atoms with van der Waals surface area (Å²) in [4.78, 5) is 0. The first kappa shape index (κ1) is 14.0. The Bertz CT molecular complexity index is 140. The molecule has 1 heteroatoms. The summed E-state index contributed by atoms with van der Waals surface area (Å²) in [5.74, 6) is 0.